The molecule has 0 N–H and O–H groups in total. The summed E-state index contributed by atoms with van der Waals surface area (Å²) in [6, 6.07) is 9.32. The summed E-state index contributed by atoms with van der Waals surface area (Å²) in [5.74, 6) is -0.115. The number of methoxy groups -OCH3 is 1. The van der Waals surface area contributed by atoms with E-state index in [0.29, 0.717) is 16.2 Å². The number of nitrogens with zero attached hydrogens (tertiary/aromatic N) is 3. The van der Waals surface area contributed by atoms with Crippen LogP contribution in [0.5, 0.6) is 0 Å². The van der Waals surface area contributed by atoms with Gasteiger partial charge >= 0.3 is 0 Å². The van der Waals surface area contributed by atoms with Crippen molar-refractivity contribution in [1.82, 2.24) is 4.98 Å². The first-order valence-corrected chi connectivity index (χ1v) is 8.24. The van der Waals surface area contributed by atoms with Crippen LogP contribution >= 0.6 is 11.8 Å². The highest BCUT2D eigenvalue weighted by Crippen LogP contribution is 2.25. The predicted molar refractivity (Wildman–Crippen MR) is 92.6 cm³/mol. The molecule has 0 fully saturated rings. The lowest BCUT2D eigenvalue weighted by atomic mass is 10.1. The van der Waals surface area contributed by atoms with Crippen LogP contribution in [0.15, 0.2) is 35.4 Å². The summed E-state index contributed by atoms with van der Waals surface area (Å²) in [5, 5.41) is 20.5. The van der Waals surface area contributed by atoms with Crippen molar-refractivity contribution in [2.24, 2.45) is 0 Å². The molecule has 0 amide bonds. The van der Waals surface area contributed by atoms with E-state index in [1.165, 1.54) is 36.0 Å². The Morgan fingerprint density at radius 1 is 1.40 bits per heavy atom. The number of nitro benzene ring substituents is 1. The number of aryl methyl sites for hydroxylation is 1. The van der Waals surface area contributed by atoms with Crippen molar-refractivity contribution in [3.8, 4) is 6.07 Å². The molecule has 128 valence electrons. The van der Waals surface area contributed by atoms with E-state index in [9.17, 15) is 20.2 Å². The van der Waals surface area contributed by atoms with Crippen LogP contribution in [-0.4, -0.2) is 28.6 Å². The van der Waals surface area contributed by atoms with Gasteiger partial charge in [-0.25, -0.2) is 4.98 Å². The maximum absolute atomic E-state index is 12.3. The van der Waals surface area contributed by atoms with Crippen LogP contribution in [0, 0.1) is 28.4 Å². The van der Waals surface area contributed by atoms with Gasteiger partial charge in [-0.1, -0.05) is 11.8 Å². The highest BCUT2D eigenvalue weighted by atomic mass is 32.2. The monoisotopic (exact) mass is 357 g/mol. The molecule has 1 aromatic heterocycles. The van der Waals surface area contributed by atoms with E-state index in [2.05, 4.69) is 11.1 Å². The lowest BCUT2D eigenvalue weighted by Crippen LogP contribution is -2.05. The van der Waals surface area contributed by atoms with Crippen molar-refractivity contribution in [3.63, 3.8) is 0 Å². The van der Waals surface area contributed by atoms with Gasteiger partial charge in [0.05, 0.1) is 22.8 Å². The zero-order valence-electron chi connectivity index (χ0n) is 13.7. The van der Waals surface area contributed by atoms with Gasteiger partial charge in [0.25, 0.3) is 5.69 Å². The number of aromatic nitrogens is 1. The molecule has 1 aromatic carbocycles. The first-order valence-electron chi connectivity index (χ1n) is 7.26. The van der Waals surface area contributed by atoms with E-state index in [0.717, 1.165) is 11.3 Å². The molecule has 0 saturated carbocycles. The number of pyridine rings is 1. The van der Waals surface area contributed by atoms with Gasteiger partial charge in [-0.2, -0.15) is 5.26 Å². The second-order valence-corrected chi connectivity index (χ2v) is 6.13. The zero-order chi connectivity index (χ0) is 18.4. The number of carbonyl (C=O) groups excluding carboxylic acids is 1. The molecule has 2 aromatic rings. The number of benzene rings is 1. The van der Waals surface area contributed by atoms with Gasteiger partial charge < -0.3 is 4.74 Å². The molecule has 8 heteroatoms. The standard InChI is InChI=1S/C17H15N3O4S/c1-11-7-13(9-24-2)15(8-18)17(19-11)25-10-16(21)12-3-5-14(6-4-12)20(22)23/h3-7H,9-10H2,1-2H3. The number of thioether (sulfide) groups is 1. The van der Waals surface area contributed by atoms with Gasteiger partial charge in [0.1, 0.15) is 11.1 Å². The first kappa shape index (κ1) is 18.6. The summed E-state index contributed by atoms with van der Waals surface area (Å²) in [4.78, 5) is 26.7. The number of hydrogen-bond acceptors (Lipinski definition) is 7. The number of carbonyl (C=O) groups is 1. The average Bonchev–Trinajstić information content (AvgIpc) is 2.59. The highest BCUT2D eigenvalue weighted by Gasteiger charge is 2.15. The van der Waals surface area contributed by atoms with Gasteiger partial charge in [-0.3, -0.25) is 14.9 Å². The molecule has 0 bridgehead atoms. The molecular formula is C17H15N3O4S. The van der Waals surface area contributed by atoms with Gasteiger partial charge in [-0.05, 0) is 30.7 Å². The van der Waals surface area contributed by atoms with Crippen LogP contribution in [0.25, 0.3) is 0 Å². The Labute approximate surface area is 148 Å². The second kappa shape index (κ2) is 8.37. The molecule has 0 spiro atoms. The van der Waals surface area contributed by atoms with Crippen LogP contribution in [0.4, 0.5) is 5.69 Å². The molecule has 0 atom stereocenters. The van der Waals surface area contributed by atoms with E-state index in [4.69, 9.17) is 4.74 Å². The molecule has 1 heterocycles. The number of nitriles is 1. The van der Waals surface area contributed by atoms with Crippen LogP contribution in [0.1, 0.15) is 27.2 Å². The summed E-state index contributed by atoms with van der Waals surface area (Å²) in [7, 11) is 1.54. The van der Waals surface area contributed by atoms with Crippen LogP contribution in [0.2, 0.25) is 0 Å². The maximum atomic E-state index is 12.3. The van der Waals surface area contributed by atoms with Crippen molar-refractivity contribution in [3.05, 3.63) is 62.8 Å². The third kappa shape index (κ3) is 4.62. The molecule has 0 radical (unpaired) electrons. The van der Waals surface area contributed by atoms with Gasteiger partial charge in [0.15, 0.2) is 5.78 Å². The third-order valence-electron chi connectivity index (χ3n) is 3.35. The Bertz CT molecular complexity index is 844. The second-order valence-electron chi connectivity index (χ2n) is 5.16. The van der Waals surface area contributed by atoms with Crippen LogP contribution in [-0.2, 0) is 11.3 Å². The van der Waals surface area contributed by atoms with Crippen molar-refractivity contribution in [1.29, 1.82) is 5.26 Å². The number of rotatable bonds is 7. The molecule has 0 saturated heterocycles. The van der Waals surface area contributed by atoms with E-state index in [1.807, 2.05) is 6.92 Å². The number of ketones is 1. The molecule has 0 aliphatic rings. The Kier molecular flexibility index (Phi) is 6.22. The third-order valence-corrected chi connectivity index (χ3v) is 4.32. The minimum absolute atomic E-state index is 0.0690. The fourth-order valence-corrected chi connectivity index (χ4v) is 3.15. The molecule has 7 nitrogen and oxygen atoms in total. The molecule has 0 aliphatic carbocycles. The van der Waals surface area contributed by atoms with E-state index in [-0.39, 0.29) is 23.8 Å². The number of ether oxygens (including phenoxy) is 1. The van der Waals surface area contributed by atoms with E-state index >= 15 is 0 Å². The number of hydrogen-bond donors (Lipinski definition) is 0. The van der Waals surface area contributed by atoms with Gasteiger partial charge in [0.2, 0.25) is 0 Å². The van der Waals surface area contributed by atoms with Crippen LogP contribution < -0.4 is 0 Å². The Balaban J connectivity index is 2.16. The SMILES string of the molecule is COCc1cc(C)nc(SCC(=O)c2ccc([N+](=O)[O-])cc2)c1C#N. The Morgan fingerprint density at radius 3 is 2.64 bits per heavy atom. The van der Waals surface area contributed by atoms with E-state index < -0.39 is 4.92 Å². The summed E-state index contributed by atoms with van der Waals surface area (Å²) < 4.78 is 5.10. The summed E-state index contributed by atoms with van der Waals surface area (Å²) in [5.41, 5.74) is 2.16. The summed E-state index contributed by atoms with van der Waals surface area (Å²) >= 11 is 1.17. The number of non-ortho nitro benzene ring substituents is 1. The molecule has 0 unspecified atom stereocenters. The molecular weight excluding hydrogens is 342 g/mol. The highest BCUT2D eigenvalue weighted by molar-refractivity contribution is 8.00. The minimum atomic E-state index is -0.518. The molecule has 25 heavy (non-hydrogen) atoms. The number of Topliss-reactive ketones (excluding diaryl/α,β-unsaturated/α-hetero) is 1. The first-order chi connectivity index (χ1) is 12.0. The van der Waals surface area contributed by atoms with Gasteiger partial charge in [-0.15, -0.1) is 0 Å². The lowest BCUT2D eigenvalue weighted by molar-refractivity contribution is -0.384. The Morgan fingerprint density at radius 2 is 2.08 bits per heavy atom. The van der Waals surface area contributed by atoms with E-state index in [1.54, 1.807) is 13.2 Å². The summed E-state index contributed by atoms with van der Waals surface area (Å²) in [6.07, 6.45) is 0. The lowest BCUT2D eigenvalue weighted by Gasteiger charge is -2.09. The van der Waals surface area contributed by atoms with Gasteiger partial charge in [0, 0.05) is 30.5 Å². The largest absolute Gasteiger partial charge is 0.380 e. The van der Waals surface area contributed by atoms with Crippen LogP contribution in [0.3, 0.4) is 0 Å². The zero-order valence-corrected chi connectivity index (χ0v) is 14.5. The normalized spacial score (nSPS) is 10.3. The molecule has 2 rings (SSSR count). The summed E-state index contributed by atoms with van der Waals surface area (Å²) in [6.45, 7) is 2.10. The quantitative estimate of drug-likeness (QED) is 0.324. The fourth-order valence-electron chi connectivity index (χ4n) is 2.19. The number of nitro groups is 1. The predicted octanol–water partition coefficient (Wildman–Crippen LogP) is 3.29. The smallest absolute Gasteiger partial charge is 0.269 e. The van der Waals surface area contributed by atoms with Crippen molar-refractivity contribution < 1.29 is 14.5 Å². The maximum Gasteiger partial charge on any atom is 0.269 e. The average molecular weight is 357 g/mol. The topological polar surface area (TPSA) is 106 Å². The van der Waals surface area contributed by atoms with Crippen molar-refractivity contribution >= 4 is 23.2 Å². The van der Waals surface area contributed by atoms with Crippen molar-refractivity contribution in [2.45, 2.75) is 18.6 Å². The Hall–Kier alpha value is -2.76. The molecule has 0 aliphatic heterocycles. The van der Waals surface area contributed by atoms with Crippen molar-refractivity contribution in [2.75, 3.05) is 12.9 Å². The fraction of sp³-hybridized carbons (Fsp3) is 0.235. The minimum Gasteiger partial charge on any atom is -0.380 e.